The minimum absolute atomic E-state index is 0.496. The van der Waals surface area contributed by atoms with E-state index in [-0.39, 0.29) is 0 Å². The molecule has 1 aliphatic rings. The van der Waals surface area contributed by atoms with E-state index in [1.165, 1.54) is 30.4 Å². The molecule has 62 valence electrons. The minimum atomic E-state index is 0.496. The first-order valence-corrected chi connectivity index (χ1v) is 4.41. The van der Waals surface area contributed by atoms with Crippen LogP contribution < -0.4 is 0 Å². The molecule has 1 aliphatic carbocycles. The maximum absolute atomic E-state index is 4.03. The molecule has 0 fully saturated rings. The first-order chi connectivity index (χ1) is 5.06. The van der Waals surface area contributed by atoms with E-state index in [9.17, 15) is 0 Å². The zero-order valence-corrected chi connectivity index (χ0v) is 7.91. The van der Waals surface area contributed by atoms with Crippen molar-refractivity contribution in [2.45, 2.75) is 40.0 Å². The molecule has 0 aromatic rings. The molecule has 0 heteroatoms. The van der Waals surface area contributed by atoms with E-state index in [1.54, 1.807) is 0 Å². The third kappa shape index (κ3) is 1.95. The maximum atomic E-state index is 4.03. The van der Waals surface area contributed by atoms with Crippen molar-refractivity contribution in [2.24, 2.45) is 5.41 Å². The molecule has 0 nitrogen and oxygen atoms in total. The largest absolute Gasteiger partial charge is 0.0958 e. The van der Waals surface area contributed by atoms with Crippen LogP contribution in [0.15, 0.2) is 23.8 Å². The molecule has 1 rings (SSSR count). The summed E-state index contributed by atoms with van der Waals surface area (Å²) in [6, 6.07) is 0. The Morgan fingerprint density at radius 2 is 2.18 bits per heavy atom. The Morgan fingerprint density at radius 1 is 1.55 bits per heavy atom. The first kappa shape index (κ1) is 8.58. The van der Waals surface area contributed by atoms with Gasteiger partial charge in [-0.15, -0.1) is 0 Å². The molecule has 0 N–H and O–H groups in total. The topological polar surface area (TPSA) is 0 Å². The Kier molecular flexibility index (Phi) is 2.22. The van der Waals surface area contributed by atoms with Gasteiger partial charge in [0, 0.05) is 0 Å². The van der Waals surface area contributed by atoms with Gasteiger partial charge in [-0.25, -0.2) is 0 Å². The van der Waals surface area contributed by atoms with Crippen molar-refractivity contribution in [3.05, 3.63) is 23.8 Å². The molecule has 0 saturated carbocycles. The fourth-order valence-electron chi connectivity index (χ4n) is 1.98. The molecule has 1 atom stereocenters. The molecule has 0 aromatic carbocycles. The quantitative estimate of drug-likeness (QED) is 0.534. The smallest absolute Gasteiger partial charge is 0.0228 e. The van der Waals surface area contributed by atoms with Crippen molar-refractivity contribution in [3.63, 3.8) is 0 Å². The predicted molar refractivity (Wildman–Crippen MR) is 50.5 cm³/mol. The van der Waals surface area contributed by atoms with Crippen LogP contribution >= 0.6 is 0 Å². The molecule has 0 saturated heterocycles. The summed E-state index contributed by atoms with van der Waals surface area (Å²) in [4.78, 5) is 0. The second-order valence-corrected chi connectivity index (χ2v) is 4.17. The molecule has 0 bridgehead atoms. The van der Waals surface area contributed by atoms with Gasteiger partial charge in [0.2, 0.25) is 0 Å². The lowest BCUT2D eigenvalue weighted by Gasteiger charge is -2.32. The molecule has 0 aromatic heterocycles. The fourth-order valence-corrected chi connectivity index (χ4v) is 1.98. The van der Waals surface area contributed by atoms with E-state index in [4.69, 9.17) is 0 Å². The number of hydrogen-bond acceptors (Lipinski definition) is 0. The molecule has 0 aliphatic heterocycles. The Balaban J connectivity index is 2.79. The normalized spacial score (nSPS) is 31.9. The zero-order chi connectivity index (χ0) is 8.48. The van der Waals surface area contributed by atoms with E-state index in [2.05, 4.69) is 33.4 Å². The van der Waals surface area contributed by atoms with Crippen molar-refractivity contribution in [1.29, 1.82) is 0 Å². The number of rotatable bonds is 1. The minimum Gasteiger partial charge on any atom is -0.0958 e. The fraction of sp³-hybridized carbons (Fsp3) is 0.636. The summed E-state index contributed by atoms with van der Waals surface area (Å²) < 4.78 is 0. The van der Waals surface area contributed by atoms with Gasteiger partial charge in [0.25, 0.3) is 0 Å². The van der Waals surface area contributed by atoms with Crippen LogP contribution in [-0.2, 0) is 0 Å². The van der Waals surface area contributed by atoms with Crippen molar-refractivity contribution in [1.82, 2.24) is 0 Å². The Labute approximate surface area is 70.0 Å². The lowest BCUT2D eigenvalue weighted by Crippen LogP contribution is -2.19. The Bertz CT molecular complexity index is 198. The standard InChI is InChI=1S/C11H18/c1-5-11(4)7-9(2)6-10(3)8-11/h6H,2,5,7-8H2,1,3-4H3. The van der Waals surface area contributed by atoms with Crippen molar-refractivity contribution in [3.8, 4) is 0 Å². The van der Waals surface area contributed by atoms with Gasteiger partial charge < -0.3 is 0 Å². The Hall–Kier alpha value is -0.520. The summed E-state index contributed by atoms with van der Waals surface area (Å²) in [6.45, 7) is 10.9. The summed E-state index contributed by atoms with van der Waals surface area (Å²) in [6.07, 6.45) is 5.93. The van der Waals surface area contributed by atoms with Gasteiger partial charge in [-0.3, -0.25) is 0 Å². The maximum Gasteiger partial charge on any atom is -0.0228 e. The van der Waals surface area contributed by atoms with Crippen LogP contribution in [0.5, 0.6) is 0 Å². The molecule has 0 radical (unpaired) electrons. The number of allylic oxidation sites excluding steroid dienone is 3. The molecular weight excluding hydrogens is 132 g/mol. The summed E-state index contributed by atoms with van der Waals surface area (Å²) in [5.74, 6) is 0. The zero-order valence-electron chi connectivity index (χ0n) is 7.91. The lowest BCUT2D eigenvalue weighted by molar-refractivity contribution is 0.299. The van der Waals surface area contributed by atoms with Crippen LogP contribution in [0.3, 0.4) is 0 Å². The van der Waals surface area contributed by atoms with Crippen molar-refractivity contribution in [2.75, 3.05) is 0 Å². The van der Waals surface area contributed by atoms with Gasteiger partial charge in [0.1, 0.15) is 0 Å². The monoisotopic (exact) mass is 150 g/mol. The van der Waals surface area contributed by atoms with Crippen LogP contribution in [0.25, 0.3) is 0 Å². The van der Waals surface area contributed by atoms with Gasteiger partial charge in [0.15, 0.2) is 0 Å². The highest BCUT2D eigenvalue weighted by Crippen LogP contribution is 2.39. The van der Waals surface area contributed by atoms with Gasteiger partial charge in [-0.1, -0.05) is 44.1 Å². The van der Waals surface area contributed by atoms with Gasteiger partial charge in [-0.05, 0) is 25.2 Å². The van der Waals surface area contributed by atoms with E-state index in [0.717, 1.165) is 0 Å². The molecular formula is C11H18. The van der Waals surface area contributed by atoms with Crippen LogP contribution in [-0.4, -0.2) is 0 Å². The van der Waals surface area contributed by atoms with Crippen LogP contribution in [0.4, 0.5) is 0 Å². The van der Waals surface area contributed by atoms with Gasteiger partial charge in [-0.2, -0.15) is 0 Å². The molecule has 1 unspecified atom stereocenters. The third-order valence-corrected chi connectivity index (χ3v) is 2.66. The van der Waals surface area contributed by atoms with Crippen molar-refractivity contribution >= 4 is 0 Å². The van der Waals surface area contributed by atoms with E-state index >= 15 is 0 Å². The molecule has 0 amide bonds. The second-order valence-electron chi connectivity index (χ2n) is 4.17. The van der Waals surface area contributed by atoms with Gasteiger partial charge in [0.05, 0.1) is 0 Å². The highest BCUT2D eigenvalue weighted by Gasteiger charge is 2.25. The average Bonchev–Trinajstić information content (AvgIpc) is 1.84. The molecule has 0 heterocycles. The summed E-state index contributed by atoms with van der Waals surface area (Å²) >= 11 is 0. The first-order valence-electron chi connectivity index (χ1n) is 4.41. The van der Waals surface area contributed by atoms with E-state index in [0.29, 0.717) is 5.41 Å². The van der Waals surface area contributed by atoms with Crippen LogP contribution in [0, 0.1) is 5.41 Å². The Morgan fingerprint density at radius 3 is 2.64 bits per heavy atom. The average molecular weight is 150 g/mol. The van der Waals surface area contributed by atoms with E-state index < -0.39 is 0 Å². The summed E-state index contributed by atoms with van der Waals surface area (Å²) in [7, 11) is 0. The third-order valence-electron chi connectivity index (χ3n) is 2.66. The number of hydrogen-bond donors (Lipinski definition) is 0. The second kappa shape index (κ2) is 2.84. The highest BCUT2D eigenvalue weighted by atomic mass is 14.3. The summed E-state index contributed by atoms with van der Waals surface area (Å²) in [5, 5.41) is 0. The lowest BCUT2D eigenvalue weighted by atomic mass is 9.73. The van der Waals surface area contributed by atoms with Crippen LogP contribution in [0.2, 0.25) is 0 Å². The highest BCUT2D eigenvalue weighted by molar-refractivity contribution is 5.26. The van der Waals surface area contributed by atoms with Gasteiger partial charge >= 0.3 is 0 Å². The van der Waals surface area contributed by atoms with Crippen LogP contribution in [0.1, 0.15) is 40.0 Å². The molecule has 11 heavy (non-hydrogen) atoms. The SMILES string of the molecule is C=C1C=C(C)CC(C)(CC)C1. The predicted octanol–water partition coefficient (Wildman–Crippen LogP) is 3.70. The molecule has 0 spiro atoms. The summed E-state index contributed by atoms with van der Waals surface area (Å²) in [5.41, 5.74) is 3.29. The van der Waals surface area contributed by atoms with Crippen molar-refractivity contribution < 1.29 is 0 Å². The van der Waals surface area contributed by atoms with E-state index in [1.807, 2.05) is 0 Å².